The van der Waals surface area contributed by atoms with Crippen molar-refractivity contribution in [1.82, 2.24) is 0 Å². The minimum absolute atomic E-state index is 0.854. The Hall–Kier alpha value is -0.370. The molecule has 0 rings (SSSR count). The van der Waals surface area contributed by atoms with Gasteiger partial charge in [0.15, 0.2) is 0 Å². The highest BCUT2D eigenvalue weighted by Gasteiger charge is 1.82. The highest BCUT2D eigenvalue weighted by molar-refractivity contribution is 8.02. The molecular formula is C8H15NS. The predicted octanol–water partition coefficient (Wildman–Crippen LogP) is 2.51. The molecule has 10 heavy (non-hydrogen) atoms. The van der Waals surface area contributed by atoms with Gasteiger partial charge in [-0.05, 0) is 31.1 Å². The maximum atomic E-state index is 5.62. The molecule has 0 unspecified atom stereocenters. The van der Waals surface area contributed by atoms with Gasteiger partial charge in [0.05, 0.1) is 0 Å². The molecule has 0 aliphatic heterocycles. The largest absolute Gasteiger partial charge is 0.398 e. The van der Waals surface area contributed by atoms with Crippen LogP contribution in [0.4, 0.5) is 0 Å². The number of rotatable bonds is 3. The molecule has 0 aromatic rings. The van der Waals surface area contributed by atoms with E-state index >= 15 is 0 Å². The molecule has 0 aromatic heterocycles. The fourth-order valence-corrected chi connectivity index (χ4v) is 0.974. The molecule has 0 fully saturated rings. The predicted molar refractivity (Wildman–Crippen MR) is 49.8 cm³/mol. The second-order valence-corrected chi connectivity index (χ2v) is 3.44. The monoisotopic (exact) mass is 157 g/mol. The van der Waals surface area contributed by atoms with Crippen LogP contribution in [0.25, 0.3) is 0 Å². The number of allylic oxidation sites excluding steroid dienone is 2. The SMILES string of the molecule is CCS/C=C(\N)C=C(C)C. The van der Waals surface area contributed by atoms with Gasteiger partial charge in [-0.3, -0.25) is 0 Å². The van der Waals surface area contributed by atoms with E-state index in [-0.39, 0.29) is 0 Å². The van der Waals surface area contributed by atoms with Crippen LogP contribution in [-0.2, 0) is 0 Å². The van der Waals surface area contributed by atoms with Gasteiger partial charge in [0.2, 0.25) is 0 Å². The second-order valence-electron chi connectivity index (χ2n) is 2.29. The summed E-state index contributed by atoms with van der Waals surface area (Å²) in [6.45, 7) is 6.19. The van der Waals surface area contributed by atoms with Gasteiger partial charge in [0.1, 0.15) is 0 Å². The summed E-state index contributed by atoms with van der Waals surface area (Å²) >= 11 is 1.73. The van der Waals surface area contributed by atoms with E-state index < -0.39 is 0 Å². The molecule has 0 aliphatic carbocycles. The van der Waals surface area contributed by atoms with E-state index in [1.165, 1.54) is 5.57 Å². The van der Waals surface area contributed by atoms with Crippen LogP contribution in [0, 0.1) is 0 Å². The smallest absolute Gasteiger partial charge is 0.0377 e. The highest BCUT2D eigenvalue weighted by Crippen LogP contribution is 2.04. The van der Waals surface area contributed by atoms with Crippen molar-refractivity contribution >= 4 is 11.8 Å². The van der Waals surface area contributed by atoms with Gasteiger partial charge in [0.25, 0.3) is 0 Å². The summed E-state index contributed by atoms with van der Waals surface area (Å²) in [6.07, 6.45) is 1.97. The summed E-state index contributed by atoms with van der Waals surface area (Å²) < 4.78 is 0. The van der Waals surface area contributed by atoms with Crippen molar-refractivity contribution in [3.05, 3.63) is 22.8 Å². The summed E-state index contributed by atoms with van der Waals surface area (Å²) in [5, 5.41) is 1.98. The van der Waals surface area contributed by atoms with Crippen molar-refractivity contribution in [3.63, 3.8) is 0 Å². The first kappa shape index (κ1) is 9.63. The third kappa shape index (κ3) is 5.76. The summed E-state index contributed by atoms with van der Waals surface area (Å²) in [7, 11) is 0. The Kier molecular flexibility index (Phi) is 5.22. The van der Waals surface area contributed by atoms with E-state index in [4.69, 9.17) is 5.73 Å². The zero-order chi connectivity index (χ0) is 7.98. The van der Waals surface area contributed by atoms with Crippen molar-refractivity contribution in [2.75, 3.05) is 5.75 Å². The van der Waals surface area contributed by atoms with E-state index in [0.29, 0.717) is 0 Å². The highest BCUT2D eigenvalue weighted by atomic mass is 32.2. The first-order chi connectivity index (χ1) is 4.66. The van der Waals surface area contributed by atoms with Crippen LogP contribution in [0.1, 0.15) is 20.8 Å². The van der Waals surface area contributed by atoms with Gasteiger partial charge < -0.3 is 5.73 Å². The minimum atomic E-state index is 0.854. The Labute approximate surface area is 67.4 Å². The molecule has 0 aromatic carbocycles. The molecule has 1 nitrogen and oxygen atoms in total. The van der Waals surface area contributed by atoms with Crippen LogP contribution in [0.3, 0.4) is 0 Å². The van der Waals surface area contributed by atoms with Crippen LogP contribution >= 0.6 is 11.8 Å². The zero-order valence-electron chi connectivity index (χ0n) is 6.85. The molecule has 0 bridgehead atoms. The average molecular weight is 157 g/mol. The summed E-state index contributed by atoms with van der Waals surface area (Å²) in [5.41, 5.74) is 7.72. The first-order valence-electron chi connectivity index (χ1n) is 3.39. The molecule has 0 heterocycles. The van der Waals surface area contributed by atoms with E-state index in [9.17, 15) is 0 Å². The molecule has 0 spiro atoms. The van der Waals surface area contributed by atoms with E-state index in [2.05, 4.69) is 6.92 Å². The van der Waals surface area contributed by atoms with Gasteiger partial charge >= 0.3 is 0 Å². The van der Waals surface area contributed by atoms with Crippen LogP contribution in [0.2, 0.25) is 0 Å². The Bertz CT molecular complexity index is 143. The maximum Gasteiger partial charge on any atom is 0.0377 e. The van der Waals surface area contributed by atoms with Gasteiger partial charge in [0, 0.05) is 5.70 Å². The van der Waals surface area contributed by atoms with E-state index in [1.54, 1.807) is 11.8 Å². The molecule has 0 atom stereocenters. The van der Waals surface area contributed by atoms with Crippen LogP contribution in [0.5, 0.6) is 0 Å². The summed E-state index contributed by atoms with van der Waals surface area (Å²) in [4.78, 5) is 0. The van der Waals surface area contributed by atoms with E-state index in [0.717, 1.165) is 11.4 Å². The molecule has 0 saturated carbocycles. The third-order valence-corrected chi connectivity index (χ3v) is 1.61. The lowest BCUT2D eigenvalue weighted by atomic mass is 10.3. The van der Waals surface area contributed by atoms with Crippen LogP contribution in [0.15, 0.2) is 22.8 Å². The lowest BCUT2D eigenvalue weighted by Gasteiger charge is -1.92. The van der Waals surface area contributed by atoms with Gasteiger partial charge in [-0.15, -0.1) is 11.8 Å². The van der Waals surface area contributed by atoms with Crippen LogP contribution in [-0.4, -0.2) is 5.75 Å². The first-order valence-corrected chi connectivity index (χ1v) is 4.43. The van der Waals surface area contributed by atoms with Crippen molar-refractivity contribution < 1.29 is 0 Å². The maximum absolute atomic E-state index is 5.62. The lowest BCUT2D eigenvalue weighted by molar-refractivity contribution is 1.33. The molecule has 2 heteroatoms. The fraction of sp³-hybridized carbons (Fsp3) is 0.500. The zero-order valence-corrected chi connectivity index (χ0v) is 7.66. The quantitative estimate of drug-likeness (QED) is 0.637. The summed E-state index contributed by atoms with van der Waals surface area (Å²) in [6, 6.07) is 0. The summed E-state index contributed by atoms with van der Waals surface area (Å²) in [5.74, 6) is 1.08. The number of hydrogen-bond acceptors (Lipinski definition) is 2. The second kappa shape index (κ2) is 5.42. The molecule has 2 N–H and O–H groups in total. The Morgan fingerprint density at radius 2 is 2.10 bits per heavy atom. The number of thioether (sulfide) groups is 1. The minimum Gasteiger partial charge on any atom is -0.398 e. The molecule has 58 valence electrons. The van der Waals surface area contributed by atoms with Gasteiger partial charge in [-0.1, -0.05) is 12.5 Å². The molecule has 0 aliphatic rings. The number of hydrogen-bond donors (Lipinski definition) is 1. The van der Waals surface area contributed by atoms with Crippen LogP contribution < -0.4 is 5.73 Å². The van der Waals surface area contributed by atoms with Crippen molar-refractivity contribution in [1.29, 1.82) is 0 Å². The van der Waals surface area contributed by atoms with Crippen molar-refractivity contribution in [2.24, 2.45) is 5.73 Å². The Morgan fingerprint density at radius 3 is 2.50 bits per heavy atom. The topological polar surface area (TPSA) is 26.0 Å². The third-order valence-electron chi connectivity index (χ3n) is 0.841. The molecule has 0 amide bonds. The lowest BCUT2D eigenvalue weighted by Crippen LogP contribution is -1.91. The molecule has 0 saturated heterocycles. The Balaban J connectivity index is 3.82. The molecular weight excluding hydrogens is 142 g/mol. The van der Waals surface area contributed by atoms with Crippen molar-refractivity contribution in [2.45, 2.75) is 20.8 Å². The fourth-order valence-electron chi connectivity index (χ4n) is 0.547. The normalized spacial score (nSPS) is 11.3. The Morgan fingerprint density at radius 1 is 1.50 bits per heavy atom. The average Bonchev–Trinajstić information content (AvgIpc) is 1.82. The van der Waals surface area contributed by atoms with Crippen molar-refractivity contribution in [3.8, 4) is 0 Å². The number of nitrogens with two attached hydrogens (primary N) is 1. The standard InChI is InChI=1S/C8H15NS/c1-4-10-6-8(9)5-7(2)3/h5-6H,4,9H2,1-3H3/b8-6-. The molecule has 0 radical (unpaired) electrons. The van der Waals surface area contributed by atoms with Gasteiger partial charge in [-0.2, -0.15) is 0 Å². The van der Waals surface area contributed by atoms with Gasteiger partial charge in [-0.25, -0.2) is 0 Å². The van der Waals surface area contributed by atoms with E-state index in [1.807, 2.05) is 25.3 Å².